The molecular weight excluding hydrogens is 317 g/mol. The fourth-order valence-electron chi connectivity index (χ4n) is 1.85. The third-order valence-corrected chi connectivity index (χ3v) is 3.26. The summed E-state index contributed by atoms with van der Waals surface area (Å²) < 4.78 is 43.5. The molecule has 1 aromatic carbocycles. The highest BCUT2D eigenvalue weighted by Gasteiger charge is 2.30. The lowest BCUT2D eigenvalue weighted by Gasteiger charge is -2.13. The van der Waals surface area contributed by atoms with Gasteiger partial charge in [-0.05, 0) is 42.8 Å². The van der Waals surface area contributed by atoms with Crippen molar-refractivity contribution in [3.8, 4) is 5.88 Å². The fraction of sp³-hybridized carbons (Fsp3) is 0.267. The zero-order valence-corrected chi connectivity index (χ0v) is 12.5. The Morgan fingerprint density at radius 1 is 1.27 bits per heavy atom. The largest absolute Gasteiger partial charge is 0.476 e. The van der Waals surface area contributed by atoms with Crippen LogP contribution in [-0.4, -0.2) is 11.6 Å². The van der Waals surface area contributed by atoms with Crippen LogP contribution in [0.5, 0.6) is 5.88 Å². The molecular formula is C15H14ClF3N2O. The molecule has 0 saturated carbocycles. The van der Waals surface area contributed by atoms with E-state index in [-0.39, 0.29) is 11.6 Å². The Kier molecular flexibility index (Phi) is 5.13. The number of alkyl halides is 3. The predicted octanol–water partition coefficient (Wildman–Crippen LogP) is 4.76. The van der Waals surface area contributed by atoms with Gasteiger partial charge in [0.1, 0.15) is 0 Å². The van der Waals surface area contributed by atoms with Gasteiger partial charge in [-0.3, -0.25) is 0 Å². The summed E-state index contributed by atoms with van der Waals surface area (Å²) in [6, 6.07) is 6.68. The summed E-state index contributed by atoms with van der Waals surface area (Å²) in [5.41, 5.74) is 0.213. The van der Waals surface area contributed by atoms with E-state index in [1.807, 2.05) is 6.92 Å². The van der Waals surface area contributed by atoms with Gasteiger partial charge in [0.05, 0.1) is 17.9 Å². The zero-order chi connectivity index (χ0) is 16.2. The van der Waals surface area contributed by atoms with E-state index in [9.17, 15) is 13.2 Å². The third-order valence-electron chi connectivity index (χ3n) is 2.89. The molecule has 0 atom stereocenters. The fourth-order valence-corrected chi connectivity index (χ4v) is 2.04. The number of rotatable bonds is 5. The molecule has 0 unspecified atom stereocenters. The van der Waals surface area contributed by atoms with Crippen LogP contribution in [0.2, 0.25) is 5.02 Å². The number of nitrogens with zero attached hydrogens (tertiary/aromatic N) is 1. The van der Waals surface area contributed by atoms with Gasteiger partial charge in [0.15, 0.2) is 0 Å². The van der Waals surface area contributed by atoms with Crippen molar-refractivity contribution in [3.05, 3.63) is 52.7 Å². The van der Waals surface area contributed by atoms with Crippen LogP contribution in [0.4, 0.5) is 18.9 Å². The second-order valence-electron chi connectivity index (χ2n) is 4.45. The van der Waals surface area contributed by atoms with Crippen molar-refractivity contribution in [1.82, 2.24) is 4.98 Å². The van der Waals surface area contributed by atoms with Crippen LogP contribution in [0.15, 0.2) is 36.5 Å². The average Bonchev–Trinajstić information content (AvgIpc) is 2.47. The molecule has 0 aliphatic rings. The molecule has 2 rings (SSSR count). The number of benzene rings is 1. The maximum atomic E-state index is 12.7. The van der Waals surface area contributed by atoms with Gasteiger partial charge in [0.2, 0.25) is 5.88 Å². The quantitative estimate of drug-likeness (QED) is 0.858. The molecule has 0 radical (unpaired) electrons. The molecule has 0 fully saturated rings. The Bertz CT molecular complexity index is 647. The van der Waals surface area contributed by atoms with Crippen LogP contribution >= 0.6 is 11.6 Å². The smallest absolute Gasteiger partial charge is 0.416 e. The van der Waals surface area contributed by atoms with Crippen LogP contribution in [-0.2, 0) is 12.7 Å². The number of anilines is 1. The highest BCUT2D eigenvalue weighted by Crippen LogP contribution is 2.32. The standard InChI is InChI=1S/C15H14ClF3N2O/c1-2-22-14-13(4-3-7-20-14)21-9-10-8-11(15(17,18)19)5-6-12(10)16/h3-8,21H,2,9H2,1H3. The minimum Gasteiger partial charge on any atom is -0.476 e. The number of hydrogen-bond donors (Lipinski definition) is 1. The molecule has 2 aromatic rings. The van der Waals surface area contributed by atoms with E-state index in [4.69, 9.17) is 16.3 Å². The second kappa shape index (κ2) is 6.87. The molecule has 0 amide bonds. The normalized spacial score (nSPS) is 11.3. The van der Waals surface area contributed by atoms with E-state index in [1.54, 1.807) is 18.3 Å². The first kappa shape index (κ1) is 16.4. The van der Waals surface area contributed by atoms with Crippen LogP contribution in [0.1, 0.15) is 18.1 Å². The molecule has 0 aliphatic heterocycles. The van der Waals surface area contributed by atoms with E-state index in [1.165, 1.54) is 6.07 Å². The summed E-state index contributed by atoms with van der Waals surface area (Å²) in [5.74, 6) is 0.396. The highest BCUT2D eigenvalue weighted by atomic mass is 35.5. The molecule has 0 saturated heterocycles. The van der Waals surface area contributed by atoms with Gasteiger partial charge in [0.25, 0.3) is 0 Å². The van der Waals surface area contributed by atoms with Crippen LogP contribution in [0.25, 0.3) is 0 Å². The molecule has 22 heavy (non-hydrogen) atoms. The monoisotopic (exact) mass is 330 g/mol. The zero-order valence-electron chi connectivity index (χ0n) is 11.7. The number of hydrogen-bond acceptors (Lipinski definition) is 3. The van der Waals surface area contributed by atoms with Gasteiger partial charge in [-0.25, -0.2) is 4.98 Å². The summed E-state index contributed by atoms with van der Waals surface area (Å²) in [5, 5.41) is 3.26. The maximum Gasteiger partial charge on any atom is 0.416 e. The number of ether oxygens (including phenoxy) is 1. The molecule has 0 spiro atoms. The lowest BCUT2D eigenvalue weighted by molar-refractivity contribution is -0.137. The Morgan fingerprint density at radius 3 is 2.73 bits per heavy atom. The van der Waals surface area contributed by atoms with Crippen LogP contribution in [0, 0.1) is 0 Å². The van der Waals surface area contributed by atoms with Crippen molar-refractivity contribution in [2.24, 2.45) is 0 Å². The first-order chi connectivity index (χ1) is 10.4. The Hall–Kier alpha value is -1.95. The molecule has 1 N–H and O–H groups in total. The molecule has 3 nitrogen and oxygen atoms in total. The number of nitrogens with one attached hydrogen (secondary N) is 1. The van der Waals surface area contributed by atoms with Gasteiger partial charge in [-0.1, -0.05) is 11.6 Å². The lowest BCUT2D eigenvalue weighted by Crippen LogP contribution is -2.08. The van der Waals surface area contributed by atoms with Crippen molar-refractivity contribution in [1.29, 1.82) is 0 Å². The molecule has 7 heteroatoms. The van der Waals surface area contributed by atoms with Crippen LogP contribution in [0.3, 0.4) is 0 Å². The van der Waals surface area contributed by atoms with Gasteiger partial charge in [-0.2, -0.15) is 13.2 Å². The first-order valence-corrected chi connectivity index (χ1v) is 6.97. The van der Waals surface area contributed by atoms with Gasteiger partial charge >= 0.3 is 6.18 Å². The topological polar surface area (TPSA) is 34.1 Å². The molecule has 0 bridgehead atoms. The Labute approximate surface area is 131 Å². The molecule has 1 heterocycles. The number of pyridine rings is 1. The van der Waals surface area contributed by atoms with Crippen molar-refractivity contribution in [3.63, 3.8) is 0 Å². The van der Waals surface area contributed by atoms with E-state index >= 15 is 0 Å². The number of halogens is 4. The van der Waals surface area contributed by atoms with Gasteiger partial charge < -0.3 is 10.1 Å². The molecule has 0 aliphatic carbocycles. The Balaban J connectivity index is 2.18. The maximum absolute atomic E-state index is 12.7. The first-order valence-electron chi connectivity index (χ1n) is 6.59. The summed E-state index contributed by atoms with van der Waals surface area (Å²) in [7, 11) is 0. The van der Waals surface area contributed by atoms with Gasteiger partial charge in [-0.15, -0.1) is 0 Å². The van der Waals surface area contributed by atoms with E-state index in [0.29, 0.717) is 23.7 Å². The molecule has 118 valence electrons. The molecule has 1 aromatic heterocycles. The SMILES string of the molecule is CCOc1ncccc1NCc1cc(C(F)(F)F)ccc1Cl. The second-order valence-corrected chi connectivity index (χ2v) is 4.85. The van der Waals surface area contributed by atoms with Crippen molar-refractivity contribution < 1.29 is 17.9 Å². The highest BCUT2D eigenvalue weighted by molar-refractivity contribution is 6.31. The summed E-state index contributed by atoms with van der Waals surface area (Å²) in [4.78, 5) is 4.06. The average molecular weight is 331 g/mol. The lowest BCUT2D eigenvalue weighted by atomic mass is 10.1. The van der Waals surface area contributed by atoms with Gasteiger partial charge in [0, 0.05) is 17.8 Å². The predicted molar refractivity (Wildman–Crippen MR) is 79.2 cm³/mol. The van der Waals surface area contributed by atoms with E-state index < -0.39 is 11.7 Å². The Morgan fingerprint density at radius 2 is 2.05 bits per heavy atom. The van der Waals surface area contributed by atoms with Crippen molar-refractivity contribution in [2.45, 2.75) is 19.6 Å². The van der Waals surface area contributed by atoms with E-state index in [0.717, 1.165) is 12.1 Å². The van der Waals surface area contributed by atoms with E-state index in [2.05, 4.69) is 10.3 Å². The minimum absolute atomic E-state index is 0.133. The minimum atomic E-state index is -4.40. The van der Waals surface area contributed by atoms with Crippen molar-refractivity contribution >= 4 is 17.3 Å². The summed E-state index contributed by atoms with van der Waals surface area (Å²) >= 11 is 5.96. The van der Waals surface area contributed by atoms with Crippen LogP contribution < -0.4 is 10.1 Å². The summed E-state index contributed by atoms with van der Waals surface area (Å²) in [6.45, 7) is 2.40. The third kappa shape index (κ3) is 4.04. The summed E-state index contributed by atoms with van der Waals surface area (Å²) in [6.07, 6.45) is -2.82. The van der Waals surface area contributed by atoms with Crippen molar-refractivity contribution in [2.75, 3.05) is 11.9 Å². The number of aromatic nitrogens is 1.